The van der Waals surface area contributed by atoms with E-state index in [0.717, 1.165) is 48.1 Å². The molecule has 30 heavy (non-hydrogen) atoms. The highest BCUT2D eigenvalue weighted by atomic mass is 16.5. The van der Waals surface area contributed by atoms with Crippen LogP contribution in [0.3, 0.4) is 0 Å². The molecule has 0 amide bonds. The highest BCUT2D eigenvalue weighted by molar-refractivity contribution is 6.05. The Hall–Kier alpha value is -2.93. The van der Waals surface area contributed by atoms with E-state index in [-0.39, 0.29) is 11.9 Å². The maximum atomic E-state index is 12.7. The molecule has 7 nitrogen and oxygen atoms in total. The van der Waals surface area contributed by atoms with E-state index in [0.29, 0.717) is 18.0 Å². The fraction of sp³-hybridized carbons (Fsp3) is 0.435. The van der Waals surface area contributed by atoms with Crippen molar-refractivity contribution >= 4 is 22.6 Å². The number of aliphatic hydroxyl groups excluding tert-OH is 1. The molecule has 1 saturated heterocycles. The first kappa shape index (κ1) is 20.3. The second-order valence-electron chi connectivity index (χ2n) is 7.93. The first-order valence-electron chi connectivity index (χ1n) is 10.5. The van der Waals surface area contributed by atoms with Gasteiger partial charge >= 0.3 is 5.97 Å². The summed E-state index contributed by atoms with van der Waals surface area (Å²) in [4.78, 5) is 23.7. The number of aryl methyl sites for hydroxylation is 2. The number of piperidine rings is 1. The number of carbonyl (C=O) groups excluding carboxylic acids is 1. The van der Waals surface area contributed by atoms with Gasteiger partial charge in [-0.2, -0.15) is 0 Å². The lowest BCUT2D eigenvalue weighted by molar-refractivity contribution is 0.0526. The van der Waals surface area contributed by atoms with Crippen molar-refractivity contribution in [3.63, 3.8) is 0 Å². The van der Waals surface area contributed by atoms with Gasteiger partial charge in [0.2, 0.25) is 0 Å². The molecule has 3 aromatic rings. The van der Waals surface area contributed by atoms with Gasteiger partial charge < -0.3 is 19.3 Å². The number of fused-ring (bicyclic) bond motifs is 1. The molecule has 0 radical (unpaired) electrons. The van der Waals surface area contributed by atoms with Crippen molar-refractivity contribution in [2.24, 2.45) is 13.0 Å². The molecule has 158 valence electrons. The Morgan fingerprint density at radius 2 is 2.07 bits per heavy atom. The molecule has 1 aromatic carbocycles. The summed E-state index contributed by atoms with van der Waals surface area (Å²) in [6.07, 6.45) is 6.22. The number of benzene rings is 1. The molecule has 1 unspecified atom stereocenters. The SMILES string of the molecule is CCOC(=O)c1cnc2ccc(C)cc2c1N1CCC(C(O)c2nccn2C)CC1. The molecule has 1 aliphatic rings. The van der Waals surface area contributed by atoms with Gasteiger partial charge in [0, 0.05) is 44.1 Å². The summed E-state index contributed by atoms with van der Waals surface area (Å²) in [7, 11) is 1.90. The zero-order valence-corrected chi connectivity index (χ0v) is 17.7. The number of pyridine rings is 1. The molecule has 0 bridgehead atoms. The average molecular weight is 409 g/mol. The van der Waals surface area contributed by atoms with Crippen molar-refractivity contribution in [2.45, 2.75) is 32.8 Å². The summed E-state index contributed by atoms with van der Waals surface area (Å²) in [5.41, 5.74) is 3.36. The van der Waals surface area contributed by atoms with Crippen LogP contribution >= 0.6 is 0 Å². The van der Waals surface area contributed by atoms with E-state index >= 15 is 0 Å². The molecule has 0 aliphatic carbocycles. The highest BCUT2D eigenvalue weighted by Gasteiger charge is 2.31. The average Bonchev–Trinajstić information content (AvgIpc) is 3.18. The minimum atomic E-state index is -0.590. The van der Waals surface area contributed by atoms with Crippen molar-refractivity contribution in [3.8, 4) is 0 Å². The van der Waals surface area contributed by atoms with Crippen LogP contribution in [0.4, 0.5) is 5.69 Å². The summed E-state index contributed by atoms with van der Waals surface area (Å²) in [5.74, 6) is 0.479. The number of hydrogen-bond acceptors (Lipinski definition) is 6. The van der Waals surface area contributed by atoms with Crippen LogP contribution in [-0.4, -0.2) is 45.3 Å². The third-order valence-corrected chi connectivity index (χ3v) is 5.92. The van der Waals surface area contributed by atoms with Crippen molar-refractivity contribution in [1.29, 1.82) is 0 Å². The van der Waals surface area contributed by atoms with Crippen molar-refractivity contribution in [2.75, 3.05) is 24.6 Å². The normalized spacial score (nSPS) is 16.1. The van der Waals surface area contributed by atoms with Gasteiger partial charge in [0.15, 0.2) is 0 Å². The number of imidazole rings is 1. The number of esters is 1. The lowest BCUT2D eigenvalue weighted by Crippen LogP contribution is -2.37. The van der Waals surface area contributed by atoms with Gasteiger partial charge in [0.1, 0.15) is 17.5 Å². The number of ether oxygens (including phenoxy) is 1. The maximum Gasteiger partial charge on any atom is 0.341 e. The summed E-state index contributed by atoms with van der Waals surface area (Å²) in [6, 6.07) is 6.09. The Kier molecular flexibility index (Phi) is 5.72. The number of aliphatic hydroxyl groups is 1. The number of rotatable bonds is 5. The molecule has 4 rings (SSSR count). The molecule has 1 N–H and O–H groups in total. The lowest BCUT2D eigenvalue weighted by Gasteiger charge is -2.36. The summed E-state index contributed by atoms with van der Waals surface area (Å²) in [5, 5.41) is 11.8. The number of hydrogen-bond donors (Lipinski definition) is 1. The van der Waals surface area contributed by atoms with Gasteiger partial charge in [0.25, 0.3) is 0 Å². The van der Waals surface area contributed by atoms with Crippen LogP contribution in [0.1, 0.15) is 47.6 Å². The van der Waals surface area contributed by atoms with E-state index < -0.39 is 6.10 Å². The third-order valence-electron chi connectivity index (χ3n) is 5.92. The standard InChI is InChI=1S/C23H28N4O3/c1-4-30-23(29)18-14-25-19-6-5-15(2)13-17(19)20(18)27-10-7-16(8-11-27)21(28)22-24-9-12-26(22)3/h5-6,9,12-14,16,21,28H,4,7-8,10-11H2,1-3H3. The van der Waals surface area contributed by atoms with Crippen LogP contribution < -0.4 is 4.90 Å². The second kappa shape index (κ2) is 8.44. The van der Waals surface area contributed by atoms with Crippen LogP contribution in [0.5, 0.6) is 0 Å². The van der Waals surface area contributed by atoms with Crippen molar-refractivity contribution in [3.05, 3.63) is 53.7 Å². The molecule has 0 saturated carbocycles. The first-order chi connectivity index (χ1) is 14.5. The van der Waals surface area contributed by atoms with Crippen LogP contribution in [0, 0.1) is 12.8 Å². The summed E-state index contributed by atoms with van der Waals surface area (Å²) < 4.78 is 7.17. The van der Waals surface area contributed by atoms with Gasteiger partial charge in [-0.25, -0.2) is 9.78 Å². The Bertz CT molecular complexity index is 1050. The van der Waals surface area contributed by atoms with Crippen molar-refractivity contribution < 1.29 is 14.6 Å². The van der Waals surface area contributed by atoms with Gasteiger partial charge in [-0.3, -0.25) is 4.98 Å². The van der Waals surface area contributed by atoms with E-state index in [4.69, 9.17) is 4.74 Å². The molecule has 1 aliphatic heterocycles. The van der Waals surface area contributed by atoms with Gasteiger partial charge in [-0.1, -0.05) is 11.6 Å². The largest absolute Gasteiger partial charge is 0.462 e. The zero-order chi connectivity index (χ0) is 21.3. The zero-order valence-electron chi connectivity index (χ0n) is 17.7. The van der Waals surface area contributed by atoms with Gasteiger partial charge in [-0.05, 0) is 44.7 Å². The maximum absolute atomic E-state index is 12.7. The predicted molar refractivity (Wildman–Crippen MR) is 116 cm³/mol. The van der Waals surface area contributed by atoms with E-state index in [2.05, 4.69) is 20.9 Å². The van der Waals surface area contributed by atoms with E-state index in [9.17, 15) is 9.90 Å². The van der Waals surface area contributed by atoms with Gasteiger partial charge in [0.05, 0.1) is 17.8 Å². The first-order valence-corrected chi connectivity index (χ1v) is 10.5. The minimum Gasteiger partial charge on any atom is -0.462 e. The van der Waals surface area contributed by atoms with Gasteiger partial charge in [-0.15, -0.1) is 0 Å². The monoisotopic (exact) mass is 408 g/mol. The fourth-order valence-corrected chi connectivity index (χ4v) is 4.30. The molecule has 2 aromatic heterocycles. The van der Waals surface area contributed by atoms with Crippen molar-refractivity contribution in [1.82, 2.24) is 14.5 Å². The topological polar surface area (TPSA) is 80.5 Å². The van der Waals surface area contributed by atoms with E-state index in [1.165, 1.54) is 0 Å². The number of aromatic nitrogens is 3. The quantitative estimate of drug-likeness (QED) is 0.652. The van der Waals surface area contributed by atoms with E-state index in [1.807, 2.05) is 36.9 Å². The summed E-state index contributed by atoms with van der Waals surface area (Å²) >= 11 is 0. The summed E-state index contributed by atoms with van der Waals surface area (Å²) in [6.45, 7) is 5.65. The fourth-order valence-electron chi connectivity index (χ4n) is 4.30. The van der Waals surface area contributed by atoms with Crippen LogP contribution in [0.2, 0.25) is 0 Å². The number of nitrogens with zero attached hydrogens (tertiary/aromatic N) is 4. The van der Waals surface area contributed by atoms with Crippen LogP contribution in [-0.2, 0) is 11.8 Å². The number of anilines is 1. The Labute approximate surface area is 176 Å². The molecule has 3 heterocycles. The molecule has 7 heteroatoms. The number of carbonyl (C=O) groups is 1. The van der Waals surface area contributed by atoms with Crippen LogP contribution in [0.15, 0.2) is 36.8 Å². The minimum absolute atomic E-state index is 0.128. The third kappa shape index (κ3) is 3.77. The molecule has 1 fully saturated rings. The Balaban J connectivity index is 1.64. The molecule has 0 spiro atoms. The highest BCUT2D eigenvalue weighted by Crippen LogP contribution is 2.36. The molecular weight excluding hydrogens is 380 g/mol. The smallest absolute Gasteiger partial charge is 0.341 e. The molecule has 1 atom stereocenters. The second-order valence-corrected chi connectivity index (χ2v) is 7.93. The van der Waals surface area contributed by atoms with E-state index in [1.54, 1.807) is 19.3 Å². The predicted octanol–water partition coefficient (Wildman–Crippen LogP) is 3.40. The molecular formula is C23H28N4O3. The van der Waals surface area contributed by atoms with Crippen LogP contribution in [0.25, 0.3) is 10.9 Å². The Morgan fingerprint density at radius 3 is 2.73 bits per heavy atom. The Morgan fingerprint density at radius 1 is 1.30 bits per heavy atom. The lowest BCUT2D eigenvalue weighted by atomic mass is 9.90.